The van der Waals surface area contributed by atoms with Gasteiger partial charge >= 0.3 is 0 Å². The van der Waals surface area contributed by atoms with Crippen LogP contribution in [0.1, 0.15) is 0 Å². The van der Waals surface area contributed by atoms with E-state index in [0.29, 0.717) is 0 Å². The molecule has 10 rings (SSSR count). The maximum absolute atomic E-state index is 6.60. The molecule has 3 heteroatoms. The number of para-hydroxylation sites is 3. The molecule has 10 aromatic rings. The second-order valence-corrected chi connectivity index (χ2v) is 14.0. The molecule has 0 unspecified atom stereocenters. The molecule has 2 nitrogen and oxygen atoms in total. The SMILES string of the molecule is c1ccc(N(c2ccccc2)c2ccc(-c3ccc(-c4cccc(-c5cc6c7ccccc7sc6c6oc7ccccc7c56)c4)cc3)cc2)cc1. The van der Waals surface area contributed by atoms with Gasteiger partial charge in [0.1, 0.15) is 5.58 Å². The normalized spacial score (nSPS) is 11.5. The molecule has 0 aliphatic heterocycles. The topological polar surface area (TPSA) is 16.4 Å². The van der Waals surface area contributed by atoms with Crippen LogP contribution in [-0.2, 0) is 0 Å². The van der Waals surface area contributed by atoms with E-state index < -0.39 is 0 Å². The van der Waals surface area contributed by atoms with Crippen LogP contribution in [0.3, 0.4) is 0 Å². The van der Waals surface area contributed by atoms with Crippen LogP contribution in [0.5, 0.6) is 0 Å². The van der Waals surface area contributed by atoms with Gasteiger partial charge in [0, 0.05) is 43.3 Å². The summed E-state index contributed by atoms with van der Waals surface area (Å²) in [5, 5.41) is 4.85. The summed E-state index contributed by atoms with van der Waals surface area (Å²) >= 11 is 1.81. The van der Waals surface area contributed by atoms with Crippen LogP contribution < -0.4 is 4.90 Å². The van der Waals surface area contributed by atoms with Crippen molar-refractivity contribution < 1.29 is 4.42 Å². The van der Waals surface area contributed by atoms with E-state index in [1.807, 2.05) is 11.3 Å². The molecular weight excluding hydrogens is 639 g/mol. The van der Waals surface area contributed by atoms with Crippen molar-refractivity contribution in [3.8, 4) is 33.4 Å². The van der Waals surface area contributed by atoms with E-state index in [1.165, 1.54) is 58.9 Å². The summed E-state index contributed by atoms with van der Waals surface area (Å²) in [5.41, 5.74) is 12.4. The molecule has 0 radical (unpaired) electrons. The number of hydrogen-bond acceptors (Lipinski definition) is 3. The molecule has 8 aromatic carbocycles. The Labute approximate surface area is 300 Å². The van der Waals surface area contributed by atoms with Gasteiger partial charge in [-0.05, 0) is 94.0 Å². The van der Waals surface area contributed by atoms with Gasteiger partial charge in [0.2, 0.25) is 0 Å². The molecule has 0 amide bonds. The van der Waals surface area contributed by atoms with Gasteiger partial charge in [-0.1, -0.05) is 127 Å². The number of hydrogen-bond donors (Lipinski definition) is 0. The van der Waals surface area contributed by atoms with Crippen molar-refractivity contribution in [3.05, 3.63) is 188 Å². The molecule has 2 aromatic heterocycles. The summed E-state index contributed by atoms with van der Waals surface area (Å²) in [4.78, 5) is 2.29. The Balaban J connectivity index is 1.01. The van der Waals surface area contributed by atoms with E-state index in [4.69, 9.17) is 4.42 Å². The van der Waals surface area contributed by atoms with Gasteiger partial charge in [0.15, 0.2) is 5.58 Å². The number of furan rings is 1. The maximum atomic E-state index is 6.60. The van der Waals surface area contributed by atoms with Crippen LogP contribution in [0, 0.1) is 0 Å². The van der Waals surface area contributed by atoms with Gasteiger partial charge in [-0.3, -0.25) is 0 Å². The monoisotopic (exact) mass is 669 g/mol. The second kappa shape index (κ2) is 12.2. The third-order valence-corrected chi connectivity index (χ3v) is 11.1. The number of fused-ring (bicyclic) bond motifs is 7. The number of benzene rings is 8. The molecular formula is C48H31NOS. The Kier molecular flexibility index (Phi) is 7.04. The van der Waals surface area contributed by atoms with E-state index in [0.717, 1.165) is 33.6 Å². The summed E-state index contributed by atoms with van der Waals surface area (Å²) in [6.07, 6.45) is 0. The van der Waals surface area contributed by atoms with Crippen LogP contribution in [-0.4, -0.2) is 0 Å². The molecule has 0 bridgehead atoms. The molecule has 0 saturated heterocycles. The lowest BCUT2D eigenvalue weighted by Gasteiger charge is -2.25. The Morgan fingerprint density at radius 1 is 0.392 bits per heavy atom. The van der Waals surface area contributed by atoms with Crippen molar-refractivity contribution in [1.29, 1.82) is 0 Å². The number of nitrogens with zero attached hydrogens (tertiary/aromatic N) is 1. The average Bonchev–Trinajstić information content (AvgIpc) is 3.78. The van der Waals surface area contributed by atoms with E-state index in [2.05, 4.69) is 193 Å². The molecule has 2 heterocycles. The minimum atomic E-state index is 0.923. The molecule has 0 saturated carbocycles. The average molecular weight is 670 g/mol. The second-order valence-electron chi connectivity index (χ2n) is 12.9. The zero-order valence-corrected chi connectivity index (χ0v) is 28.5. The number of thiophene rings is 1. The van der Waals surface area contributed by atoms with Crippen molar-refractivity contribution in [3.63, 3.8) is 0 Å². The summed E-state index contributed by atoms with van der Waals surface area (Å²) in [6.45, 7) is 0. The largest absolute Gasteiger partial charge is 0.455 e. The molecule has 51 heavy (non-hydrogen) atoms. The van der Waals surface area contributed by atoms with Crippen LogP contribution in [0.15, 0.2) is 192 Å². The van der Waals surface area contributed by atoms with Gasteiger partial charge < -0.3 is 9.32 Å². The maximum Gasteiger partial charge on any atom is 0.153 e. The lowest BCUT2D eigenvalue weighted by molar-refractivity contribution is 0.673. The molecule has 0 aliphatic carbocycles. The summed E-state index contributed by atoms with van der Waals surface area (Å²) < 4.78 is 9.09. The first-order chi connectivity index (χ1) is 25.3. The van der Waals surface area contributed by atoms with Crippen molar-refractivity contribution in [1.82, 2.24) is 0 Å². The fourth-order valence-corrected chi connectivity index (χ4v) is 8.59. The fourth-order valence-electron chi connectivity index (χ4n) is 7.42. The minimum absolute atomic E-state index is 0.923. The quantitative estimate of drug-likeness (QED) is 0.175. The summed E-state index contributed by atoms with van der Waals surface area (Å²) in [7, 11) is 0. The first-order valence-electron chi connectivity index (χ1n) is 17.3. The first-order valence-corrected chi connectivity index (χ1v) is 18.1. The van der Waals surface area contributed by atoms with Gasteiger partial charge in [0.25, 0.3) is 0 Å². The molecule has 0 N–H and O–H groups in total. The van der Waals surface area contributed by atoms with Gasteiger partial charge in [-0.15, -0.1) is 11.3 Å². The Hall–Kier alpha value is -6.42. The third-order valence-electron chi connectivity index (χ3n) is 9.87. The smallest absolute Gasteiger partial charge is 0.153 e. The predicted octanol–water partition coefficient (Wildman–Crippen LogP) is 14.4. The van der Waals surface area contributed by atoms with E-state index >= 15 is 0 Å². The fraction of sp³-hybridized carbons (Fsp3) is 0. The number of anilines is 3. The Morgan fingerprint density at radius 2 is 0.941 bits per heavy atom. The zero-order valence-electron chi connectivity index (χ0n) is 27.7. The highest BCUT2D eigenvalue weighted by molar-refractivity contribution is 7.26. The van der Waals surface area contributed by atoms with Crippen LogP contribution in [0.2, 0.25) is 0 Å². The molecule has 0 spiro atoms. The number of rotatable bonds is 6. The van der Waals surface area contributed by atoms with Crippen LogP contribution >= 0.6 is 11.3 Å². The van der Waals surface area contributed by atoms with E-state index in [9.17, 15) is 0 Å². The predicted molar refractivity (Wildman–Crippen MR) is 218 cm³/mol. The highest BCUT2D eigenvalue weighted by Gasteiger charge is 2.19. The van der Waals surface area contributed by atoms with Crippen molar-refractivity contribution in [2.24, 2.45) is 0 Å². The standard InChI is InChI=1S/C48H31NOS/c1-3-14-37(15-4-1)49(38-16-5-2-6-17-38)39-28-26-33(27-29-39)32-22-24-34(25-23-32)35-12-11-13-36(30-35)42-31-43-40-18-8-10-21-45(40)51-48(43)47-46(42)41-19-7-9-20-44(41)50-47/h1-31H. The van der Waals surface area contributed by atoms with Crippen LogP contribution in [0.4, 0.5) is 17.1 Å². The van der Waals surface area contributed by atoms with Crippen molar-refractivity contribution in [2.75, 3.05) is 4.90 Å². The van der Waals surface area contributed by atoms with Gasteiger partial charge in [-0.2, -0.15) is 0 Å². The lowest BCUT2D eigenvalue weighted by Crippen LogP contribution is -2.09. The van der Waals surface area contributed by atoms with Crippen LogP contribution in [0.25, 0.3) is 75.5 Å². The first kappa shape index (κ1) is 29.5. The zero-order chi connectivity index (χ0) is 33.7. The molecule has 240 valence electrons. The Bertz CT molecular complexity index is 2790. The molecule has 0 atom stereocenters. The summed E-state index contributed by atoms with van der Waals surface area (Å²) in [5.74, 6) is 0. The minimum Gasteiger partial charge on any atom is -0.455 e. The van der Waals surface area contributed by atoms with E-state index in [-0.39, 0.29) is 0 Å². The third kappa shape index (κ3) is 5.10. The lowest BCUT2D eigenvalue weighted by atomic mass is 9.94. The molecule has 0 aliphatic rings. The summed E-state index contributed by atoms with van der Waals surface area (Å²) in [6, 6.07) is 67.2. The highest BCUT2D eigenvalue weighted by atomic mass is 32.1. The van der Waals surface area contributed by atoms with Gasteiger partial charge in [-0.25, -0.2) is 0 Å². The van der Waals surface area contributed by atoms with E-state index in [1.54, 1.807) is 0 Å². The van der Waals surface area contributed by atoms with Crippen molar-refractivity contribution >= 4 is 70.5 Å². The van der Waals surface area contributed by atoms with Gasteiger partial charge in [0.05, 0.1) is 4.70 Å². The van der Waals surface area contributed by atoms with Crippen molar-refractivity contribution in [2.45, 2.75) is 0 Å². The molecule has 0 fully saturated rings. The highest BCUT2D eigenvalue weighted by Crippen LogP contribution is 2.46. The Morgan fingerprint density at radius 3 is 1.65 bits per heavy atom.